The molecule has 5 nitrogen and oxygen atoms in total. The van der Waals surface area contributed by atoms with Crippen LogP contribution in [0.5, 0.6) is 5.75 Å². The van der Waals surface area contributed by atoms with Crippen LogP contribution in [0.2, 0.25) is 0 Å². The van der Waals surface area contributed by atoms with E-state index in [0.717, 1.165) is 6.54 Å². The Kier molecular flexibility index (Phi) is 6.14. The van der Waals surface area contributed by atoms with Crippen LogP contribution >= 0.6 is 0 Å². The van der Waals surface area contributed by atoms with Crippen molar-refractivity contribution in [3.8, 4) is 5.75 Å². The zero-order valence-electron chi connectivity index (χ0n) is 11.2. The highest BCUT2D eigenvalue weighted by Gasteiger charge is 2.06. The van der Waals surface area contributed by atoms with Gasteiger partial charge in [0.25, 0.3) is 5.91 Å². The number of carbonyl (C=O) groups is 1. The number of aromatic nitrogens is 1. The fourth-order valence-electron chi connectivity index (χ4n) is 1.39. The van der Waals surface area contributed by atoms with Crippen LogP contribution < -0.4 is 15.4 Å². The standard InChI is InChI=1S/C13H21N3O2/c1-4-14-13(17)12-9-11(5-6-16-12)18-8-7-15-10(2)3/h5-6,9-10,15H,4,7-8H2,1-3H3,(H,14,17). The molecule has 0 aliphatic rings. The van der Waals surface area contributed by atoms with Crippen LogP contribution in [-0.4, -0.2) is 36.6 Å². The zero-order valence-corrected chi connectivity index (χ0v) is 11.2. The average molecular weight is 251 g/mol. The van der Waals surface area contributed by atoms with Crippen molar-refractivity contribution in [2.75, 3.05) is 19.7 Å². The van der Waals surface area contributed by atoms with Gasteiger partial charge in [0.15, 0.2) is 0 Å². The first-order chi connectivity index (χ1) is 8.63. The van der Waals surface area contributed by atoms with Crippen LogP contribution in [0.3, 0.4) is 0 Å². The smallest absolute Gasteiger partial charge is 0.270 e. The maximum atomic E-state index is 11.6. The monoisotopic (exact) mass is 251 g/mol. The summed E-state index contributed by atoms with van der Waals surface area (Å²) in [5.41, 5.74) is 0.381. The highest BCUT2D eigenvalue weighted by molar-refractivity contribution is 5.92. The van der Waals surface area contributed by atoms with Crippen molar-refractivity contribution < 1.29 is 9.53 Å². The molecule has 1 rings (SSSR count). The van der Waals surface area contributed by atoms with Gasteiger partial charge in [-0.2, -0.15) is 0 Å². The second-order valence-electron chi connectivity index (χ2n) is 4.19. The second-order valence-corrected chi connectivity index (χ2v) is 4.19. The molecule has 0 bridgehead atoms. The molecule has 2 N–H and O–H groups in total. The van der Waals surface area contributed by atoms with Gasteiger partial charge in [0.1, 0.15) is 18.1 Å². The number of amides is 1. The van der Waals surface area contributed by atoms with Crippen molar-refractivity contribution in [1.82, 2.24) is 15.6 Å². The van der Waals surface area contributed by atoms with Gasteiger partial charge in [-0.05, 0) is 13.0 Å². The summed E-state index contributed by atoms with van der Waals surface area (Å²) in [6, 6.07) is 3.84. The van der Waals surface area contributed by atoms with Gasteiger partial charge in [0.05, 0.1) is 0 Å². The molecule has 0 aliphatic carbocycles. The summed E-state index contributed by atoms with van der Waals surface area (Å²) in [6.07, 6.45) is 1.58. The number of carbonyl (C=O) groups excluding carboxylic acids is 1. The van der Waals surface area contributed by atoms with E-state index in [9.17, 15) is 4.79 Å². The van der Waals surface area contributed by atoms with E-state index >= 15 is 0 Å². The maximum absolute atomic E-state index is 11.6. The van der Waals surface area contributed by atoms with Crippen LogP contribution in [0.25, 0.3) is 0 Å². The molecule has 1 aromatic rings. The molecule has 5 heteroatoms. The summed E-state index contributed by atoms with van der Waals surface area (Å²) < 4.78 is 5.54. The van der Waals surface area contributed by atoms with Crippen molar-refractivity contribution in [2.24, 2.45) is 0 Å². The van der Waals surface area contributed by atoms with Gasteiger partial charge in [0, 0.05) is 31.4 Å². The number of hydrogen-bond donors (Lipinski definition) is 2. The average Bonchev–Trinajstić information content (AvgIpc) is 2.35. The van der Waals surface area contributed by atoms with Crippen molar-refractivity contribution in [3.63, 3.8) is 0 Å². The molecule has 0 spiro atoms. The fraction of sp³-hybridized carbons (Fsp3) is 0.538. The summed E-state index contributed by atoms with van der Waals surface area (Å²) in [5, 5.41) is 5.96. The predicted octanol–water partition coefficient (Wildman–Crippen LogP) is 1.21. The Morgan fingerprint density at radius 1 is 1.50 bits per heavy atom. The summed E-state index contributed by atoms with van der Waals surface area (Å²) in [4.78, 5) is 15.6. The molecule has 100 valence electrons. The molecule has 1 aromatic heterocycles. The Labute approximate surface area is 108 Å². The van der Waals surface area contributed by atoms with Crippen LogP contribution in [0, 0.1) is 0 Å². The molecule has 0 saturated heterocycles. The molecule has 0 aromatic carbocycles. The van der Waals surface area contributed by atoms with Crippen molar-refractivity contribution in [1.29, 1.82) is 0 Å². The van der Waals surface area contributed by atoms with Gasteiger partial charge in [0.2, 0.25) is 0 Å². The Morgan fingerprint density at radius 3 is 2.94 bits per heavy atom. The number of pyridine rings is 1. The quantitative estimate of drug-likeness (QED) is 0.715. The third kappa shape index (κ3) is 5.14. The van der Waals surface area contributed by atoms with Crippen molar-refractivity contribution in [2.45, 2.75) is 26.8 Å². The van der Waals surface area contributed by atoms with Gasteiger partial charge in [-0.25, -0.2) is 0 Å². The molecule has 0 radical (unpaired) electrons. The minimum absolute atomic E-state index is 0.178. The van der Waals surface area contributed by atoms with Crippen LogP contribution in [0.4, 0.5) is 0 Å². The van der Waals surface area contributed by atoms with E-state index in [1.165, 1.54) is 0 Å². The molecular formula is C13H21N3O2. The summed E-state index contributed by atoms with van der Waals surface area (Å²) in [7, 11) is 0. The molecule has 0 unspecified atom stereocenters. The molecule has 0 saturated carbocycles. The van der Waals surface area contributed by atoms with Crippen molar-refractivity contribution in [3.05, 3.63) is 24.0 Å². The number of hydrogen-bond acceptors (Lipinski definition) is 4. The largest absolute Gasteiger partial charge is 0.492 e. The molecular weight excluding hydrogens is 230 g/mol. The lowest BCUT2D eigenvalue weighted by molar-refractivity contribution is 0.0950. The van der Waals surface area contributed by atoms with E-state index in [2.05, 4.69) is 29.5 Å². The maximum Gasteiger partial charge on any atom is 0.270 e. The summed E-state index contributed by atoms with van der Waals surface area (Å²) in [6.45, 7) is 7.96. The normalized spacial score (nSPS) is 10.4. The lowest BCUT2D eigenvalue weighted by atomic mass is 10.3. The van der Waals surface area contributed by atoms with Gasteiger partial charge >= 0.3 is 0 Å². The topological polar surface area (TPSA) is 63.2 Å². The van der Waals surface area contributed by atoms with Crippen LogP contribution in [0.1, 0.15) is 31.3 Å². The number of nitrogens with one attached hydrogen (secondary N) is 2. The van der Waals surface area contributed by atoms with Gasteiger partial charge in [-0.15, -0.1) is 0 Å². The third-order valence-electron chi connectivity index (χ3n) is 2.22. The fourth-order valence-corrected chi connectivity index (χ4v) is 1.39. The molecule has 0 fully saturated rings. The lowest BCUT2D eigenvalue weighted by Crippen LogP contribution is -2.27. The van der Waals surface area contributed by atoms with Gasteiger partial charge < -0.3 is 15.4 Å². The first-order valence-electron chi connectivity index (χ1n) is 6.24. The highest BCUT2D eigenvalue weighted by Crippen LogP contribution is 2.10. The van der Waals surface area contributed by atoms with Crippen LogP contribution in [-0.2, 0) is 0 Å². The Balaban J connectivity index is 2.46. The summed E-state index contributed by atoms with van der Waals surface area (Å²) in [5.74, 6) is 0.486. The van der Waals surface area contributed by atoms with Gasteiger partial charge in [-0.1, -0.05) is 13.8 Å². The molecule has 0 aliphatic heterocycles. The molecule has 18 heavy (non-hydrogen) atoms. The first-order valence-corrected chi connectivity index (χ1v) is 6.24. The second kappa shape index (κ2) is 7.66. The summed E-state index contributed by atoms with van der Waals surface area (Å²) >= 11 is 0. The highest BCUT2D eigenvalue weighted by atomic mass is 16.5. The molecule has 1 heterocycles. The van der Waals surface area contributed by atoms with E-state index in [-0.39, 0.29) is 5.91 Å². The minimum Gasteiger partial charge on any atom is -0.492 e. The van der Waals surface area contributed by atoms with Crippen LogP contribution in [0.15, 0.2) is 18.3 Å². The van der Waals surface area contributed by atoms with E-state index in [0.29, 0.717) is 30.6 Å². The van der Waals surface area contributed by atoms with Gasteiger partial charge in [-0.3, -0.25) is 9.78 Å². The Bertz CT molecular complexity index is 380. The predicted molar refractivity (Wildman–Crippen MR) is 70.9 cm³/mol. The molecule has 0 atom stereocenters. The third-order valence-corrected chi connectivity index (χ3v) is 2.22. The number of rotatable bonds is 7. The van der Waals surface area contributed by atoms with Crippen molar-refractivity contribution >= 4 is 5.91 Å². The SMILES string of the molecule is CCNC(=O)c1cc(OCCNC(C)C)ccn1. The first kappa shape index (κ1) is 14.4. The van der Waals surface area contributed by atoms with E-state index in [4.69, 9.17) is 4.74 Å². The van der Waals surface area contributed by atoms with E-state index in [1.54, 1.807) is 18.3 Å². The zero-order chi connectivity index (χ0) is 13.4. The molecule has 1 amide bonds. The lowest BCUT2D eigenvalue weighted by Gasteiger charge is -2.10. The van der Waals surface area contributed by atoms with E-state index in [1.807, 2.05) is 6.92 Å². The number of ether oxygens (including phenoxy) is 1. The Hall–Kier alpha value is -1.62. The Morgan fingerprint density at radius 2 is 2.28 bits per heavy atom. The number of nitrogens with zero attached hydrogens (tertiary/aromatic N) is 1. The van der Waals surface area contributed by atoms with E-state index < -0.39 is 0 Å². The minimum atomic E-state index is -0.178.